The van der Waals surface area contributed by atoms with Crippen molar-refractivity contribution in [2.75, 3.05) is 13.1 Å². The van der Waals surface area contributed by atoms with Crippen LogP contribution in [0.1, 0.15) is 64.2 Å². The molecule has 0 atom stereocenters. The van der Waals surface area contributed by atoms with Gasteiger partial charge in [-0.15, -0.1) is 0 Å². The van der Waals surface area contributed by atoms with Crippen molar-refractivity contribution in [3.8, 4) is 0 Å². The summed E-state index contributed by atoms with van der Waals surface area (Å²) in [7, 11) is 0. The first kappa shape index (κ1) is 14.8. The average molecular weight is 266 g/mol. The molecule has 0 radical (unpaired) electrons. The lowest BCUT2D eigenvalue weighted by molar-refractivity contribution is -0.126. The summed E-state index contributed by atoms with van der Waals surface area (Å²) in [4.78, 5) is 12.0. The zero-order valence-electron chi connectivity index (χ0n) is 12.2. The maximum Gasteiger partial charge on any atom is 0.223 e. The van der Waals surface area contributed by atoms with Crippen LogP contribution in [0.5, 0.6) is 0 Å². The van der Waals surface area contributed by atoms with E-state index in [1.54, 1.807) is 0 Å². The van der Waals surface area contributed by atoms with Gasteiger partial charge in [-0.1, -0.05) is 25.7 Å². The van der Waals surface area contributed by atoms with E-state index in [0.29, 0.717) is 11.8 Å². The minimum atomic E-state index is 0.259. The quantitative estimate of drug-likeness (QED) is 0.726. The van der Waals surface area contributed by atoms with E-state index in [2.05, 4.69) is 5.32 Å². The summed E-state index contributed by atoms with van der Waals surface area (Å²) in [5, 5.41) is 3.14. The van der Waals surface area contributed by atoms with Crippen molar-refractivity contribution >= 4 is 5.91 Å². The van der Waals surface area contributed by atoms with Crippen LogP contribution in [0.2, 0.25) is 0 Å². The van der Waals surface area contributed by atoms with E-state index in [4.69, 9.17) is 5.73 Å². The van der Waals surface area contributed by atoms with Gasteiger partial charge in [-0.3, -0.25) is 4.79 Å². The Balaban J connectivity index is 1.54. The zero-order chi connectivity index (χ0) is 13.5. The molecule has 2 fully saturated rings. The van der Waals surface area contributed by atoms with Gasteiger partial charge < -0.3 is 11.1 Å². The Kier molecular flexibility index (Phi) is 6.15. The SMILES string of the molecule is NCC1CCC(C(=O)NCCCC2CCCC2)CC1. The van der Waals surface area contributed by atoms with Crippen molar-refractivity contribution in [2.45, 2.75) is 64.2 Å². The second-order valence-electron chi connectivity index (χ2n) is 6.54. The molecule has 3 nitrogen and oxygen atoms in total. The lowest BCUT2D eigenvalue weighted by atomic mass is 9.81. The fourth-order valence-electron chi connectivity index (χ4n) is 3.71. The minimum absolute atomic E-state index is 0.259. The maximum atomic E-state index is 12.0. The van der Waals surface area contributed by atoms with Gasteiger partial charge in [0, 0.05) is 12.5 Å². The Bertz CT molecular complexity index is 266. The highest BCUT2D eigenvalue weighted by atomic mass is 16.1. The van der Waals surface area contributed by atoms with Crippen molar-refractivity contribution in [3.63, 3.8) is 0 Å². The van der Waals surface area contributed by atoms with Gasteiger partial charge in [-0.25, -0.2) is 0 Å². The van der Waals surface area contributed by atoms with Gasteiger partial charge in [0.25, 0.3) is 0 Å². The number of nitrogens with one attached hydrogen (secondary N) is 1. The van der Waals surface area contributed by atoms with Crippen LogP contribution in [0.25, 0.3) is 0 Å². The summed E-state index contributed by atoms with van der Waals surface area (Å²) in [6, 6.07) is 0. The largest absolute Gasteiger partial charge is 0.356 e. The summed E-state index contributed by atoms with van der Waals surface area (Å²) < 4.78 is 0. The van der Waals surface area contributed by atoms with Crippen molar-refractivity contribution < 1.29 is 4.79 Å². The highest BCUT2D eigenvalue weighted by Gasteiger charge is 2.25. The van der Waals surface area contributed by atoms with Gasteiger partial charge in [0.05, 0.1) is 0 Å². The third kappa shape index (κ3) is 4.79. The summed E-state index contributed by atoms with van der Waals surface area (Å²) >= 11 is 0. The van der Waals surface area contributed by atoms with Gasteiger partial charge >= 0.3 is 0 Å². The Labute approximate surface area is 117 Å². The normalized spacial score (nSPS) is 28.5. The molecular weight excluding hydrogens is 236 g/mol. The van der Waals surface area contributed by atoms with E-state index in [-0.39, 0.29) is 5.92 Å². The van der Waals surface area contributed by atoms with Gasteiger partial charge in [0.2, 0.25) is 5.91 Å². The average Bonchev–Trinajstić information content (AvgIpc) is 2.96. The smallest absolute Gasteiger partial charge is 0.223 e. The van der Waals surface area contributed by atoms with Gasteiger partial charge in [0.1, 0.15) is 0 Å². The molecule has 0 unspecified atom stereocenters. The molecule has 0 aromatic carbocycles. The molecule has 0 heterocycles. The molecule has 0 aromatic heterocycles. The number of hydrogen-bond acceptors (Lipinski definition) is 2. The highest BCUT2D eigenvalue weighted by Crippen LogP contribution is 2.29. The highest BCUT2D eigenvalue weighted by molar-refractivity contribution is 5.78. The third-order valence-electron chi connectivity index (χ3n) is 5.11. The molecule has 0 spiro atoms. The summed E-state index contributed by atoms with van der Waals surface area (Å²) in [5.41, 5.74) is 5.68. The lowest BCUT2D eigenvalue weighted by Gasteiger charge is -2.26. The topological polar surface area (TPSA) is 55.1 Å². The molecule has 0 bridgehead atoms. The predicted octanol–water partition coefficient (Wildman–Crippen LogP) is 2.84. The van der Waals surface area contributed by atoms with Crippen molar-refractivity contribution in [1.29, 1.82) is 0 Å². The van der Waals surface area contributed by atoms with E-state index < -0.39 is 0 Å². The van der Waals surface area contributed by atoms with Crippen LogP contribution in [0, 0.1) is 17.8 Å². The summed E-state index contributed by atoms with van der Waals surface area (Å²) in [6.45, 7) is 1.67. The molecule has 110 valence electrons. The summed E-state index contributed by atoms with van der Waals surface area (Å²) in [6.07, 6.45) is 12.5. The fraction of sp³-hybridized carbons (Fsp3) is 0.938. The summed E-state index contributed by atoms with van der Waals surface area (Å²) in [5.74, 6) is 2.15. The van der Waals surface area contributed by atoms with Crippen molar-refractivity contribution in [1.82, 2.24) is 5.32 Å². The number of hydrogen-bond donors (Lipinski definition) is 2. The van der Waals surface area contributed by atoms with E-state index >= 15 is 0 Å². The Morgan fingerprint density at radius 2 is 1.68 bits per heavy atom. The first-order chi connectivity index (χ1) is 9.29. The van der Waals surface area contributed by atoms with Crippen molar-refractivity contribution in [3.05, 3.63) is 0 Å². The monoisotopic (exact) mass is 266 g/mol. The molecule has 3 heteroatoms. The molecular formula is C16H30N2O. The Morgan fingerprint density at radius 3 is 2.32 bits per heavy atom. The minimum Gasteiger partial charge on any atom is -0.356 e. The number of rotatable bonds is 6. The van der Waals surface area contributed by atoms with E-state index in [9.17, 15) is 4.79 Å². The molecule has 2 aliphatic carbocycles. The molecule has 0 aromatic rings. The third-order valence-corrected chi connectivity index (χ3v) is 5.11. The van der Waals surface area contributed by atoms with Gasteiger partial charge in [0.15, 0.2) is 0 Å². The zero-order valence-corrected chi connectivity index (χ0v) is 12.2. The predicted molar refractivity (Wildman–Crippen MR) is 78.7 cm³/mol. The molecule has 2 rings (SSSR count). The first-order valence-corrected chi connectivity index (χ1v) is 8.27. The molecule has 3 N–H and O–H groups in total. The van der Waals surface area contributed by atoms with Crippen molar-refractivity contribution in [2.24, 2.45) is 23.5 Å². The van der Waals surface area contributed by atoms with Crippen LogP contribution in [0.15, 0.2) is 0 Å². The number of amides is 1. The molecule has 19 heavy (non-hydrogen) atoms. The van der Waals surface area contributed by atoms with E-state index in [0.717, 1.165) is 51.1 Å². The lowest BCUT2D eigenvalue weighted by Crippen LogP contribution is -2.34. The van der Waals surface area contributed by atoms with Gasteiger partial charge in [-0.05, 0) is 56.9 Å². The van der Waals surface area contributed by atoms with Crippen LogP contribution in [-0.2, 0) is 4.79 Å². The molecule has 1 amide bonds. The molecule has 0 saturated heterocycles. The standard InChI is InChI=1S/C16H30N2O/c17-12-14-7-9-15(10-8-14)16(19)18-11-3-6-13-4-1-2-5-13/h13-15H,1-12,17H2,(H,18,19). The molecule has 0 aliphatic heterocycles. The first-order valence-electron chi connectivity index (χ1n) is 8.27. The van der Waals surface area contributed by atoms with Crippen LogP contribution < -0.4 is 11.1 Å². The van der Waals surface area contributed by atoms with Crippen LogP contribution in [-0.4, -0.2) is 19.0 Å². The fourth-order valence-corrected chi connectivity index (χ4v) is 3.71. The number of carbonyl (C=O) groups excluding carboxylic acids is 1. The maximum absolute atomic E-state index is 12.0. The van der Waals surface area contributed by atoms with Gasteiger partial charge in [-0.2, -0.15) is 0 Å². The Morgan fingerprint density at radius 1 is 1.00 bits per heavy atom. The number of carbonyl (C=O) groups is 1. The Hall–Kier alpha value is -0.570. The second-order valence-corrected chi connectivity index (χ2v) is 6.54. The van der Waals surface area contributed by atoms with Crippen LogP contribution >= 0.6 is 0 Å². The molecule has 2 aliphatic rings. The van der Waals surface area contributed by atoms with E-state index in [1.165, 1.54) is 32.1 Å². The van der Waals surface area contributed by atoms with Crippen LogP contribution in [0.3, 0.4) is 0 Å². The van der Waals surface area contributed by atoms with Crippen LogP contribution in [0.4, 0.5) is 0 Å². The van der Waals surface area contributed by atoms with E-state index in [1.807, 2.05) is 0 Å². The molecule has 2 saturated carbocycles. The second kappa shape index (κ2) is 7.88. The number of nitrogens with two attached hydrogens (primary N) is 1.